The lowest BCUT2D eigenvalue weighted by Gasteiger charge is -2.35. The Morgan fingerprint density at radius 1 is 1.03 bits per heavy atom. The van der Waals surface area contributed by atoms with Crippen molar-refractivity contribution in [3.8, 4) is 33.8 Å². The van der Waals surface area contributed by atoms with E-state index in [4.69, 9.17) is 11.6 Å². The van der Waals surface area contributed by atoms with Crippen LogP contribution >= 0.6 is 11.6 Å². The van der Waals surface area contributed by atoms with Gasteiger partial charge >= 0.3 is 5.69 Å². The summed E-state index contributed by atoms with van der Waals surface area (Å²) in [6.07, 6.45) is 6.95. The molecule has 198 valence electrons. The second kappa shape index (κ2) is 10.3. The third-order valence-corrected chi connectivity index (χ3v) is 7.72. The zero-order chi connectivity index (χ0) is 27.1. The molecule has 0 bridgehead atoms. The fourth-order valence-corrected chi connectivity index (χ4v) is 5.49. The zero-order valence-corrected chi connectivity index (χ0v) is 22.8. The van der Waals surface area contributed by atoms with Crippen LogP contribution in [0.4, 0.5) is 0 Å². The van der Waals surface area contributed by atoms with E-state index in [2.05, 4.69) is 23.7 Å². The summed E-state index contributed by atoms with van der Waals surface area (Å²) in [4.78, 5) is 32.2. The monoisotopic (exact) mass is 533 g/mol. The van der Waals surface area contributed by atoms with Crippen molar-refractivity contribution in [2.75, 3.05) is 13.1 Å². The fraction of sp³-hybridized carbons (Fsp3) is 0.345. The van der Waals surface area contributed by atoms with E-state index in [9.17, 15) is 14.7 Å². The molecule has 1 saturated heterocycles. The molecule has 38 heavy (non-hydrogen) atoms. The Balaban J connectivity index is 1.51. The van der Waals surface area contributed by atoms with Crippen LogP contribution in [-0.2, 0) is 7.05 Å². The number of aryl methyl sites for hydroxylation is 2. The first-order valence-corrected chi connectivity index (χ1v) is 13.2. The van der Waals surface area contributed by atoms with Gasteiger partial charge in [0.15, 0.2) is 0 Å². The number of benzene rings is 1. The molecule has 4 aromatic rings. The highest BCUT2D eigenvalue weighted by molar-refractivity contribution is 6.32. The number of nitrogens with zero attached hydrogens (tertiary/aromatic N) is 5. The maximum atomic E-state index is 12.8. The maximum Gasteiger partial charge on any atom is 0.332 e. The van der Waals surface area contributed by atoms with E-state index in [-0.39, 0.29) is 23.0 Å². The minimum absolute atomic E-state index is 0.0103. The molecule has 9 heteroatoms. The molecule has 1 aliphatic heterocycles. The zero-order valence-electron chi connectivity index (χ0n) is 22.1. The van der Waals surface area contributed by atoms with Crippen LogP contribution in [-0.4, -0.2) is 47.8 Å². The van der Waals surface area contributed by atoms with Crippen LogP contribution < -0.4 is 11.2 Å². The van der Waals surface area contributed by atoms with Crippen molar-refractivity contribution in [2.24, 2.45) is 7.05 Å². The number of halogens is 1. The predicted octanol–water partition coefficient (Wildman–Crippen LogP) is 4.78. The lowest BCUT2D eigenvalue weighted by atomic mass is 10.00. The van der Waals surface area contributed by atoms with Gasteiger partial charge in [-0.25, -0.2) is 9.78 Å². The molecule has 0 atom stereocenters. The first kappa shape index (κ1) is 26.0. The molecule has 0 radical (unpaired) electrons. The van der Waals surface area contributed by atoms with Crippen molar-refractivity contribution >= 4 is 11.6 Å². The number of pyridine rings is 2. The van der Waals surface area contributed by atoms with Crippen molar-refractivity contribution < 1.29 is 5.11 Å². The van der Waals surface area contributed by atoms with Gasteiger partial charge in [-0.3, -0.25) is 9.36 Å². The third kappa shape index (κ3) is 4.81. The van der Waals surface area contributed by atoms with E-state index in [1.165, 1.54) is 9.13 Å². The Morgan fingerprint density at radius 3 is 2.37 bits per heavy atom. The Hall–Kier alpha value is -3.62. The second-order valence-electron chi connectivity index (χ2n) is 10.3. The summed E-state index contributed by atoms with van der Waals surface area (Å²) < 4.78 is 4.74. The van der Waals surface area contributed by atoms with Gasteiger partial charge in [-0.05, 0) is 63.4 Å². The van der Waals surface area contributed by atoms with E-state index in [1.54, 1.807) is 54.3 Å². The summed E-state index contributed by atoms with van der Waals surface area (Å²) in [5, 5.41) is 11.7. The molecule has 4 heterocycles. The number of piperidine rings is 1. The number of hydrogen-bond acceptors (Lipinski definition) is 5. The smallest absolute Gasteiger partial charge is 0.332 e. The number of likely N-dealkylation sites (tertiary alicyclic amines) is 1. The molecule has 0 unspecified atom stereocenters. The molecule has 0 aliphatic carbocycles. The van der Waals surface area contributed by atoms with Gasteiger partial charge < -0.3 is 19.1 Å². The average Bonchev–Trinajstić information content (AvgIpc) is 3.23. The van der Waals surface area contributed by atoms with Crippen LogP contribution in [0.3, 0.4) is 0 Å². The Kier molecular flexibility index (Phi) is 7.03. The molecule has 5 rings (SSSR count). The summed E-state index contributed by atoms with van der Waals surface area (Å²) in [5.41, 5.74) is 3.38. The topological polar surface area (TPSA) is 85.3 Å². The van der Waals surface area contributed by atoms with Crippen LogP contribution in [0.1, 0.15) is 38.4 Å². The third-order valence-electron chi connectivity index (χ3n) is 7.42. The molecule has 1 N–H and O–H groups in total. The Bertz CT molecular complexity index is 1610. The van der Waals surface area contributed by atoms with Crippen molar-refractivity contribution in [2.45, 2.75) is 45.7 Å². The summed E-state index contributed by atoms with van der Waals surface area (Å²) in [7, 11) is 1.68. The standard InChI is InChI=1S/C29H32ClN5O3/c1-18(2)33-11-9-22(10-12-33)35-17-21(6-8-26(35)36)27-28(37)23(15-19(3)31-27)20-5-7-25(24(30)16-20)34-14-13-32(4)29(34)38/h5-8,13-18,22,37H,9-12H2,1-4H3. The fourth-order valence-electron chi connectivity index (χ4n) is 5.21. The molecular weight excluding hydrogens is 502 g/mol. The molecule has 0 saturated carbocycles. The van der Waals surface area contributed by atoms with Crippen molar-refractivity contribution in [1.29, 1.82) is 0 Å². The van der Waals surface area contributed by atoms with Gasteiger partial charge in [0.25, 0.3) is 5.56 Å². The highest BCUT2D eigenvalue weighted by Crippen LogP contribution is 2.39. The van der Waals surface area contributed by atoms with E-state index >= 15 is 0 Å². The van der Waals surface area contributed by atoms with Crippen LogP contribution in [0.2, 0.25) is 5.02 Å². The molecule has 1 aliphatic rings. The van der Waals surface area contributed by atoms with Gasteiger partial charge in [0.1, 0.15) is 11.4 Å². The summed E-state index contributed by atoms with van der Waals surface area (Å²) in [6.45, 7) is 8.15. The second-order valence-corrected chi connectivity index (χ2v) is 10.7. The Labute approximate surface area is 226 Å². The molecule has 1 aromatic carbocycles. The maximum absolute atomic E-state index is 12.8. The van der Waals surface area contributed by atoms with Crippen molar-refractivity contribution in [3.05, 3.63) is 86.5 Å². The quantitative estimate of drug-likeness (QED) is 0.399. The van der Waals surface area contributed by atoms with Gasteiger partial charge in [-0.1, -0.05) is 17.7 Å². The van der Waals surface area contributed by atoms with E-state index in [1.807, 2.05) is 19.2 Å². The lowest BCUT2D eigenvalue weighted by Crippen LogP contribution is -2.40. The van der Waals surface area contributed by atoms with Crippen LogP contribution in [0, 0.1) is 6.92 Å². The van der Waals surface area contributed by atoms with Crippen molar-refractivity contribution in [3.63, 3.8) is 0 Å². The normalized spacial score (nSPS) is 14.9. The van der Waals surface area contributed by atoms with Gasteiger partial charge in [0, 0.05) is 73.7 Å². The van der Waals surface area contributed by atoms with Crippen LogP contribution in [0.15, 0.2) is 64.6 Å². The molecule has 3 aromatic heterocycles. The van der Waals surface area contributed by atoms with E-state index < -0.39 is 0 Å². The minimum atomic E-state index is -0.199. The first-order valence-electron chi connectivity index (χ1n) is 12.9. The van der Waals surface area contributed by atoms with Gasteiger partial charge in [-0.2, -0.15) is 0 Å². The Morgan fingerprint density at radius 2 is 1.74 bits per heavy atom. The molecule has 8 nitrogen and oxygen atoms in total. The summed E-state index contributed by atoms with van der Waals surface area (Å²) in [5.74, 6) is 0.0103. The summed E-state index contributed by atoms with van der Waals surface area (Å²) in [6, 6.07) is 11.0. The van der Waals surface area contributed by atoms with Crippen molar-refractivity contribution in [1.82, 2.24) is 23.6 Å². The highest BCUT2D eigenvalue weighted by atomic mass is 35.5. The minimum Gasteiger partial charge on any atom is -0.505 e. The molecule has 0 amide bonds. The van der Waals surface area contributed by atoms with Gasteiger partial charge in [-0.15, -0.1) is 0 Å². The molecular formula is C29H32ClN5O3. The number of hydrogen-bond donors (Lipinski definition) is 1. The number of aromatic nitrogens is 4. The largest absolute Gasteiger partial charge is 0.505 e. The van der Waals surface area contributed by atoms with Gasteiger partial charge in [0.05, 0.1) is 10.7 Å². The summed E-state index contributed by atoms with van der Waals surface area (Å²) >= 11 is 6.59. The average molecular weight is 534 g/mol. The van der Waals surface area contributed by atoms with Crippen LogP contribution in [0.5, 0.6) is 5.75 Å². The highest BCUT2D eigenvalue weighted by Gasteiger charge is 2.24. The van der Waals surface area contributed by atoms with E-state index in [0.717, 1.165) is 31.6 Å². The SMILES string of the molecule is Cc1cc(-c2ccc(-n3ccn(C)c3=O)c(Cl)c2)c(O)c(-c2ccc(=O)n(C3CCN(C(C)C)CC3)c2)n1. The van der Waals surface area contributed by atoms with Gasteiger partial charge in [0.2, 0.25) is 0 Å². The van der Waals surface area contributed by atoms with Crippen LogP contribution in [0.25, 0.3) is 28.1 Å². The number of aromatic hydroxyl groups is 1. The predicted molar refractivity (Wildman–Crippen MR) is 150 cm³/mol. The lowest BCUT2D eigenvalue weighted by molar-refractivity contribution is 0.150. The molecule has 1 fully saturated rings. The van der Waals surface area contributed by atoms with E-state index in [0.29, 0.717) is 39.1 Å². The molecule has 0 spiro atoms. The first-order chi connectivity index (χ1) is 18.1. The number of rotatable bonds is 5. The number of imidazole rings is 1.